The molecule has 120 valence electrons. The largest absolute Gasteiger partial charge is 0.299 e. The van der Waals surface area contributed by atoms with Crippen LogP contribution in [0.2, 0.25) is 0 Å². The number of likely N-dealkylation sites (tertiary alicyclic amines) is 1. The number of hydrogen-bond acceptors (Lipinski definition) is 4. The Morgan fingerprint density at radius 2 is 2.14 bits per heavy atom. The molecule has 1 aliphatic rings. The number of rotatable bonds is 6. The summed E-state index contributed by atoms with van der Waals surface area (Å²) in [6.45, 7) is 6.80. The van der Waals surface area contributed by atoms with Crippen LogP contribution in [0.4, 0.5) is 0 Å². The molecule has 2 heterocycles. The number of piperidine rings is 1. The van der Waals surface area contributed by atoms with Gasteiger partial charge in [0, 0.05) is 11.7 Å². The average Bonchev–Trinajstić information content (AvgIpc) is 2.68. The van der Waals surface area contributed by atoms with Gasteiger partial charge in [-0.2, -0.15) is 5.10 Å². The Labute approximate surface area is 127 Å². The number of aromatic nitrogens is 2. The smallest absolute Gasteiger partial charge is 0.209 e. The number of nitrogens with two attached hydrogens (primary N) is 1. The van der Waals surface area contributed by atoms with Crippen LogP contribution in [-0.4, -0.2) is 48.0 Å². The molecule has 0 saturated carbocycles. The Bertz CT molecular complexity index is 568. The maximum atomic E-state index is 11.0. The predicted molar refractivity (Wildman–Crippen MR) is 83.5 cm³/mol. The lowest BCUT2D eigenvalue weighted by atomic mass is 10.0. The fourth-order valence-electron chi connectivity index (χ4n) is 3.09. The topological polar surface area (TPSA) is 81.2 Å². The van der Waals surface area contributed by atoms with E-state index in [4.69, 9.17) is 5.14 Å². The molecule has 0 radical (unpaired) electrons. The first-order valence-electron chi connectivity index (χ1n) is 7.61. The lowest BCUT2D eigenvalue weighted by molar-refractivity contribution is 0.129. The monoisotopic (exact) mass is 314 g/mol. The summed E-state index contributed by atoms with van der Waals surface area (Å²) >= 11 is 0. The van der Waals surface area contributed by atoms with Gasteiger partial charge in [0.05, 0.1) is 18.0 Å². The third kappa shape index (κ3) is 5.09. The second kappa shape index (κ2) is 6.89. The van der Waals surface area contributed by atoms with Gasteiger partial charge in [0.1, 0.15) is 0 Å². The molecule has 0 aromatic carbocycles. The summed E-state index contributed by atoms with van der Waals surface area (Å²) in [6, 6.07) is 2.53. The SMILES string of the molecule is Cc1cc(C)n(C[C@H]2CCCCN2CCCS(N)(=O)=O)n1. The van der Waals surface area contributed by atoms with E-state index in [9.17, 15) is 8.42 Å². The Morgan fingerprint density at radius 3 is 2.76 bits per heavy atom. The van der Waals surface area contributed by atoms with Crippen molar-refractivity contribution in [3.8, 4) is 0 Å². The zero-order valence-electron chi connectivity index (χ0n) is 13.0. The number of sulfonamides is 1. The molecule has 2 N–H and O–H groups in total. The van der Waals surface area contributed by atoms with E-state index >= 15 is 0 Å². The molecule has 0 unspecified atom stereocenters. The van der Waals surface area contributed by atoms with Crippen molar-refractivity contribution in [1.82, 2.24) is 14.7 Å². The molecule has 7 heteroatoms. The molecule has 1 saturated heterocycles. The van der Waals surface area contributed by atoms with Crippen molar-refractivity contribution < 1.29 is 8.42 Å². The Morgan fingerprint density at radius 1 is 1.38 bits per heavy atom. The van der Waals surface area contributed by atoms with E-state index in [1.165, 1.54) is 18.5 Å². The van der Waals surface area contributed by atoms with Crippen LogP contribution in [0.1, 0.15) is 37.1 Å². The first-order chi connectivity index (χ1) is 9.85. The maximum Gasteiger partial charge on any atom is 0.209 e. The third-order valence-corrected chi connectivity index (χ3v) is 4.97. The van der Waals surface area contributed by atoms with Crippen LogP contribution in [-0.2, 0) is 16.6 Å². The van der Waals surface area contributed by atoms with Crippen LogP contribution >= 0.6 is 0 Å². The highest BCUT2D eigenvalue weighted by molar-refractivity contribution is 7.89. The van der Waals surface area contributed by atoms with Crippen LogP contribution < -0.4 is 5.14 Å². The highest BCUT2D eigenvalue weighted by atomic mass is 32.2. The van der Waals surface area contributed by atoms with E-state index in [1.807, 2.05) is 6.92 Å². The molecule has 1 atom stereocenters. The van der Waals surface area contributed by atoms with Crippen LogP contribution in [0, 0.1) is 13.8 Å². The van der Waals surface area contributed by atoms with E-state index in [2.05, 4.69) is 27.7 Å². The molecule has 2 rings (SSSR count). The van der Waals surface area contributed by atoms with Crippen molar-refractivity contribution in [2.24, 2.45) is 5.14 Å². The molecule has 21 heavy (non-hydrogen) atoms. The molecular formula is C14H26N4O2S. The fourth-order valence-corrected chi connectivity index (χ4v) is 3.62. The minimum absolute atomic E-state index is 0.0656. The summed E-state index contributed by atoms with van der Waals surface area (Å²) in [6.07, 6.45) is 4.17. The first kappa shape index (κ1) is 16.5. The molecule has 1 aromatic heterocycles. The number of primary sulfonamides is 1. The zero-order valence-corrected chi connectivity index (χ0v) is 13.8. The fraction of sp³-hybridized carbons (Fsp3) is 0.786. The lowest BCUT2D eigenvalue weighted by Crippen LogP contribution is -2.43. The second-order valence-electron chi connectivity index (χ2n) is 6.02. The van der Waals surface area contributed by atoms with Gasteiger partial charge in [-0.25, -0.2) is 13.6 Å². The summed E-state index contributed by atoms with van der Waals surface area (Å²) in [7, 11) is -3.35. The van der Waals surface area contributed by atoms with Crippen LogP contribution in [0.5, 0.6) is 0 Å². The van der Waals surface area contributed by atoms with Gasteiger partial charge < -0.3 is 0 Å². The lowest BCUT2D eigenvalue weighted by Gasteiger charge is -2.35. The summed E-state index contributed by atoms with van der Waals surface area (Å²) in [4.78, 5) is 2.39. The van der Waals surface area contributed by atoms with Crippen molar-refractivity contribution in [2.75, 3.05) is 18.8 Å². The number of aryl methyl sites for hydroxylation is 2. The highest BCUT2D eigenvalue weighted by Gasteiger charge is 2.23. The molecule has 0 aliphatic carbocycles. The van der Waals surface area contributed by atoms with Gasteiger partial charge in [-0.15, -0.1) is 0 Å². The molecule has 0 spiro atoms. The van der Waals surface area contributed by atoms with Crippen LogP contribution in [0.3, 0.4) is 0 Å². The summed E-state index contributed by atoms with van der Waals surface area (Å²) in [5.41, 5.74) is 2.23. The Balaban J connectivity index is 1.94. The quantitative estimate of drug-likeness (QED) is 0.850. The van der Waals surface area contributed by atoms with Gasteiger partial charge in [-0.1, -0.05) is 6.42 Å². The predicted octanol–water partition coefficient (Wildman–Crippen LogP) is 1.03. The van der Waals surface area contributed by atoms with E-state index in [-0.39, 0.29) is 5.75 Å². The molecule has 0 amide bonds. The van der Waals surface area contributed by atoms with Gasteiger partial charge in [0.15, 0.2) is 0 Å². The average molecular weight is 314 g/mol. The number of nitrogens with zero attached hydrogens (tertiary/aromatic N) is 3. The molecule has 0 bridgehead atoms. The van der Waals surface area contributed by atoms with E-state index in [1.54, 1.807) is 0 Å². The van der Waals surface area contributed by atoms with Crippen molar-refractivity contribution in [1.29, 1.82) is 0 Å². The third-order valence-electron chi connectivity index (χ3n) is 4.11. The van der Waals surface area contributed by atoms with Crippen molar-refractivity contribution in [3.05, 3.63) is 17.5 Å². The van der Waals surface area contributed by atoms with Crippen LogP contribution in [0.25, 0.3) is 0 Å². The van der Waals surface area contributed by atoms with Crippen molar-refractivity contribution in [3.63, 3.8) is 0 Å². The molecule has 1 aliphatic heterocycles. The molecule has 1 aromatic rings. The van der Waals surface area contributed by atoms with Gasteiger partial charge in [-0.3, -0.25) is 9.58 Å². The van der Waals surface area contributed by atoms with Crippen LogP contribution in [0.15, 0.2) is 6.07 Å². The zero-order chi connectivity index (χ0) is 15.5. The summed E-state index contributed by atoms with van der Waals surface area (Å²) in [5, 5.41) is 9.60. The van der Waals surface area contributed by atoms with E-state index in [0.717, 1.165) is 31.7 Å². The normalized spacial score (nSPS) is 20.8. The number of hydrogen-bond donors (Lipinski definition) is 1. The molecule has 1 fully saturated rings. The minimum atomic E-state index is -3.35. The van der Waals surface area contributed by atoms with E-state index in [0.29, 0.717) is 12.5 Å². The maximum absolute atomic E-state index is 11.0. The van der Waals surface area contributed by atoms with E-state index < -0.39 is 10.0 Å². The second-order valence-corrected chi connectivity index (χ2v) is 7.75. The van der Waals surface area contributed by atoms with Gasteiger partial charge >= 0.3 is 0 Å². The van der Waals surface area contributed by atoms with Crippen molar-refractivity contribution >= 4 is 10.0 Å². The first-order valence-corrected chi connectivity index (χ1v) is 9.32. The van der Waals surface area contributed by atoms with Gasteiger partial charge in [0.2, 0.25) is 10.0 Å². The Hall–Kier alpha value is -0.920. The molecular weight excluding hydrogens is 288 g/mol. The van der Waals surface area contributed by atoms with Crippen molar-refractivity contribution in [2.45, 2.75) is 52.1 Å². The molecule has 6 nitrogen and oxygen atoms in total. The standard InChI is InChI=1S/C14H26N4O2S/c1-12-10-13(2)18(16-12)11-14-6-3-4-7-17(14)8-5-9-21(15,19)20/h10,14H,3-9,11H2,1-2H3,(H2,15,19,20)/t14-/m1/s1. The highest BCUT2D eigenvalue weighted by Crippen LogP contribution is 2.19. The summed E-state index contributed by atoms with van der Waals surface area (Å²) < 4.78 is 24.1. The van der Waals surface area contributed by atoms with Gasteiger partial charge in [0.25, 0.3) is 0 Å². The Kier molecular flexibility index (Phi) is 5.40. The van der Waals surface area contributed by atoms with Gasteiger partial charge in [-0.05, 0) is 52.3 Å². The minimum Gasteiger partial charge on any atom is -0.299 e. The summed E-state index contributed by atoms with van der Waals surface area (Å²) in [5.74, 6) is 0.0656.